The predicted octanol–water partition coefficient (Wildman–Crippen LogP) is 3.19. The Morgan fingerprint density at radius 2 is 1.88 bits per heavy atom. The molecule has 176 valence electrons. The Labute approximate surface area is 198 Å². The molecule has 1 aliphatic rings. The fourth-order valence-corrected chi connectivity index (χ4v) is 4.75. The van der Waals surface area contributed by atoms with Crippen molar-refractivity contribution in [2.24, 2.45) is 10.1 Å². The summed E-state index contributed by atoms with van der Waals surface area (Å²) in [5, 5.41) is 2.99. The SMILES string of the molecule is Cc1ccc(-c2cc(C(=O)NC(C)(C)COc3cccc4c3C(N)=NS(=O)(=O)C4)ccn2)cc1. The van der Waals surface area contributed by atoms with Crippen LogP contribution in [0, 0.1) is 6.92 Å². The summed E-state index contributed by atoms with van der Waals surface area (Å²) in [6.45, 7) is 5.82. The molecule has 2 heterocycles. The third kappa shape index (κ3) is 5.26. The van der Waals surface area contributed by atoms with Crippen LogP contribution in [0.2, 0.25) is 0 Å². The second-order valence-corrected chi connectivity index (χ2v) is 10.6. The average Bonchev–Trinajstić information content (AvgIpc) is 2.77. The molecule has 0 spiro atoms. The first-order chi connectivity index (χ1) is 16.0. The Balaban J connectivity index is 1.47. The number of benzene rings is 2. The Bertz CT molecular complexity index is 1380. The number of fused-ring (bicyclic) bond motifs is 1. The highest BCUT2D eigenvalue weighted by molar-refractivity contribution is 7.89. The van der Waals surface area contributed by atoms with Gasteiger partial charge in [-0.05, 0) is 44.5 Å². The van der Waals surface area contributed by atoms with E-state index in [9.17, 15) is 13.2 Å². The third-order valence-corrected chi connectivity index (χ3v) is 6.50. The van der Waals surface area contributed by atoms with E-state index in [0.717, 1.165) is 11.1 Å². The van der Waals surface area contributed by atoms with Crippen molar-refractivity contribution in [3.63, 3.8) is 0 Å². The van der Waals surface area contributed by atoms with Crippen LogP contribution in [-0.4, -0.2) is 37.3 Å². The van der Waals surface area contributed by atoms with E-state index in [4.69, 9.17) is 10.5 Å². The molecule has 4 rings (SSSR count). The second-order valence-electron chi connectivity index (χ2n) is 8.92. The van der Waals surface area contributed by atoms with Gasteiger partial charge in [-0.1, -0.05) is 42.0 Å². The number of pyridine rings is 1. The van der Waals surface area contributed by atoms with E-state index in [2.05, 4.69) is 14.7 Å². The predicted molar refractivity (Wildman–Crippen MR) is 131 cm³/mol. The van der Waals surface area contributed by atoms with Gasteiger partial charge in [-0.2, -0.15) is 0 Å². The lowest BCUT2D eigenvalue weighted by Crippen LogP contribution is -2.48. The van der Waals surface area contributed by atoms with E-state index in [0.29, 0.717) is 28.1 Å². The normalized spacial score (nSPS) is 14.6. The van der Waals surface area contributed by atoms with E-state index in [1.807, 2.05) is 45.0 Å². The zero-order chi connectivity index (χ0) is 24.5. The summed E-state index contributed by atoms with van der Waals surface area (Å²) < 4.78 is 33.3. The Morgan fingerprint density at radius 3 is 2.62 bits per heavy atom. The van der Waals surface area contributed by atoms with Gasteiger partial charge in [-0.3, -0.25) is 9.78 Å². The standard InChI is InChI=1S/C25H26N4O4S/c1-16-7-9-17(10-8-16)20-13-18(11-12-27-20)24(30)28-25(2,3)15-33-21-6-4-5-19-14-34(31,32)29-23(26)22(19)21/h4-13H,14-15H2,1-3H3,(H2,26,29)(H,28,30). The minimum absolute atomic E-state index is 0.0980. The quantitative estimate of drug-likeness (QED) is 0.561. The number of nitrogens with zero attached hydrogens (tertiary/aromatic N) is 2. The van der Waals surface area contributed by atoms with Gasteiger partial charge >= 0.3 is 0 Å². The summed E-state index contributed by atoms with van der Waals surface area (Å²) in [4.78, 5) is 17.3. The molecule has 0 radical (unpaired) electrons. The molecule has 1 amide bonds. The highest BCUT2D eigenvalue weighted by atomic mass is 32.2. The van der Waals surface area contributed by atoms with Crippen molar-refractivity contribution >= 4 is 21.8 Å². The van der Waals surface area contributed by atoms with Crippen molar-refractivity contribution in [1.82, 2.24) is 10.3 Å². The molecule has 0 unspecified atom stereocenters. The molecular weight excluding hydrogens is 452 g/mol. The summed E-state index contributed by atoms with van der Waals surface area (Å²) in [6, 6.07) is 16.4. The van der Waals surface area contributed by atoms with Crippen molar-refractivity contribution in [2.45, 2.75) is 32.1 Å². The molecule has 0 bridgehead atoms. The van der Waals surface area contributed by atoms with Crippen LogP contribution in [0.4, 0.5) is 0 Å². The molecule has 2 aromatic carbocycles. The smallest absolute Gasteiger partial charge is 0.259 e. The summed E-state index contributed by atoms with van der Waals surface area (Å²) >= 11 is 0. The van der Waals surface area contributed by atoms with Gasteiger partial charge in [0.15, 0.2) is 0 Å². The number of nitrogens with one attached hydrogen (secondary N) is 1. The molecule has 0 saturated heterocycles. The number of aromatic nitrogens is 1. The maximum atomic E-state index is 13.0. The molecule has 0 saturated carbocycles. The highest BCUT2D eigenvalue weighted by Gasteiger charge is 2.27. The third-order valence-electron chi connectivity index (χ3n) is 5.35. The van der Waals surface area contributed by atoms with E-state index in [-0.39, 0.29) is 24.1 Å². The fourth-order valence-electron chi connectivity index (χ4n) is 3.66. The van der Waals surface area contributed by atoms with Crippen molar-refractivity contribution in [1.29, 1.82) is 0 Å². The van der Waals surface area contributed by atoms with Crippen LogP contribution in [0.25, 0.3) is 11.3 Å². The Kier molecular flexibility index (Phi) is 6.14. The van der Waals surface area contributed by atoms with Crippen LogP contribution < -0.4 is 15.8 Å². The summed E-state index contributed by atoms with van der Waals surface area (Å²) in [5.41, 5.74) is 9.44. The van der Waals surface area contributed by atoms with Crippen molar-refractivity contribution in [2.75, 3.05) is 6.61 Å². The summed E-state index contributed by atoms with van der Waals surface area (Å²) in [6.07, 6.45) is 1.61. The number of aryl methyl sites for hydroxylation is 1. The second kappa shape index (κ2) is 8.90. The first-order valence-corrected chi connectivity index (χ1v) is 12.3. The number of ether oxygens (including phenoxy) is 1. The summed E-state index contributed by atoms with van der Waals surface area (Å²) in [5.74, 6) is -0.168. The largest absolute Gasteiger partial charge is 0.490 e. The van der Waals surface area contributed by atoms with Crippen LogP contribution in [0.1, 0.15) is 40.9 Å². The molecule has 8 nitrogen and oxygen atoms in total. The van der Waals surface area contributed by atoms with Crippen molar-refractivity contribution in [3.8, 4) is 17.0 Å². The lowest BCUT2D eigenvalue weighted by Gasteiger charge is -2.27. The van der Waals surface area contributed by atoms with Gasteiger partial charge in [0.2, 0.25) is 0 Å². The molecule has 0 aliphatic carbocycles. The van der Waals surface area contributed by atoms with E-state index < -0.39 is 15.6 Å². The van der Waals surface area contributed by atoms with E-state index in [1.165, 1.54) is 0 Å². The maximum Gasteiger partial charge on any atom is 0.259 e. The number of carbonyl (C=O) groups is 1. The molecule has 0 atom stereocenters. The van der Waals surface area contributed by atoms with Crippen molar-refractivity contribution < 1.29 is 17.9 Å². The number of hydrogen-bond acceptors (Lipinski definition) is 6. The maximum absolute atomic E-state index is 13.0. The molecule has 0 fully saturated rings. The Morgan fingerprint density at radius 1 is 1.15 bits per heavy atom. The van der Waals surface area contributed by atoms with Crippen LogP contribution in [0.5, 0.6) is 5.75 Å². The molecule has 34 heavy (non-hydrogen) atoms. The number of hydrogen-bond donors (Lipinski definition) is 2. The van der Waals surface area contributed by atoms with Gasteiger partial charge in [0.1, 0.15) is 18.2 Å². The van der Waals surface area contributed by atoms with Gasteiger partial charge in [0.05, 0.1) is 22.5 Å². The molecule has 1 aliphatic heterocycles. The number of nitrogens with two attached hydrogens (primary N) is 1. The minimum Gasteiger partial charge on any atom is -0.490 e. The summed E-state index contributed by atoms with van der Waals surface area (Å²) in [7, 11) is -3.63. The first kappa shape index (κ1) is 23.4. The molecule has 1 aromatic heterocycles. The van der Waals surface area contributed by atoms with Gasteiger partial charge < -0.3 is 15.8 Å². The highest BCUT2D eigenvalue weighted by Crippen LogP contribution is 2.28. The average molecular weight is 479 g/mol. The number of carbonyl (C=O) groups excluding carboxylic acids is 1. The lowest BCUT2D eigenvalue weighted by molar-refractivity contribution is 0.0880. The number of rotatable bonds is 6. The van der Waals surface area contributed by atoms with Crippen LogP contribution in [-0.2, 0) is 15.8 Å². The molecule has 3 aromatic rings. The van der Waals surface area contributed by atoms with Crippen LogP contribution in [0.3, 0.4) is 0 Å². The Hall–Kier alpha value is -3.72. The topological polar surface area (TPSA) is 124 Å². The minimum atomic E-state index is -3.63. The number of amides is 1. The zero-order valence-corrected chi connectivity index (χ0v) is 20.0. The van der Waals surface area contributed by atoms with Crippen LogP contribution in [0.15, 0.2) is 65.2 Å². The molecular formula is C25H26N4O4S. The van der Waals surface area contributed by atoms with Gasteiger partial charge in [-0.25, -0.2) is 8.42 Å². The number of sulfonamides is 1. The van der Waals surface area contributed by atoms with Crippen LogP contribution >= 0.6 is 0 Å². The zero-order valence-electron chi connectivity index (χ0n) is 19.2. The lowest BCUT2D eigenvalue weighted by atomic mass is 10.0. The fraction of sp³-hybridized carbons (Fsp3) is 0.240. The first-order valence-electron chi connectivity index (χ1n) is 10.7. The van der Waals surface area contributed by atoms with E-state index in [1.54, 1.807) is 36.5 Å². The monoisotopic (exact) mass is 478 g/mol. The number of amidine groups is 1. The van der Waals surface area contributed by atoms with Crippen molar-refractivity contribution in [3.05, 3.63) is 83.0 Å². The molecule has 9 heteroatoms. The molecule has 3 N–H and O–H groups in total. The van der Waals surface area contributed by atoms with Gasteiger partial charge in [-0.15, -0.1) is 4.40 Å². The van der Waals surface area contributed by atoms with Gasteiger partial charge in [0, 0.05) is 17.3 Å². The van der Waals surface area contributed by atoms with Gasteiger partial charge in [0.25, 0.3) is 15.9 Å². The van der Waals surface area contributed by atoms with E-state index >= 15 is 0 Å².